The highest BCUT2D eigenvalue weighted by Gasteiger charge is 2.14. The Kier molecular flexibility index (Phi) is 6.98. The molecule has 0 bridgehead atoms. The number of carbonyl (C=O) groups excluding carboxylic acids is 1. The van der Waals surface area contributed by atoms with Crippen LogP contribution in [0.5, 0.6) is 0 Å². The number of aliphatic hydroxyl groups excluding tert-OH is 1. The van der Waals surface area contributed by atoms with Crippen LogP contribution in [0.3, 0.4) is 0 Å². The summed E-state index contributed by atoms with van der Waals surface area (Å²) in [4.78, 5) is 11.3. The van der Waals surface area contributed by atoms with Gasteiger partial charge >= 0.3 is 6.09 Å². The Hall–Kier alpha value is -1.79. The summed E-state index contributed by atoms with van der Waals surface area (Å²) in [6, 6.07) is 3.57. The summed E-state index contributed by atoms with van der Waals surface area (Å²) in [6.07, 6.45) is 3.33. The highest BCUT2D eigenvalue weighted by molar-refractivity contribution is 5.67. The number of furan rings is 1. The molecule has 1 rings (SSSR count). The number of rotatable bonds is 7. The first-order chi connectivity index (χ1) is 9.90. The van der Waals surface area contributed by atoms with Crippen LogP contribution in [0.15, 0.2) is 28.7 Å². The highest BCUT2D eigenvalue weighted by atomic mass is 16.6. The van der Waals surface area contributed by atoms with Gasteiger partial charge in [-0.1, -0.05) is 12.2 Å². The molecule has 0 aliphatic rings. The van der Waals surface area contributed by atoms with E-state index in [1.165, 1.54) is 0 Å². The van der Waals surface area contributed by atoms with Gasteiger partial charge in [-0.2, -0.15) is 0 Å². The van der Waals surface area contributed by atoms with Crippen LogP contribution in [0.4, 0.5) is 4.79 Å². The third-order valence-corrected chi connectivity index (χ3v) is 2.36. The van der Waals surface area contributed by atoms with Gasteiger partial charge in [-0.15, -0.1) is 0 Å². The van der Waals surface area contributed by atoms with Crippen molar-refractivity contribution in [2.75, 3.05) is 13.1 Å². The van der Waals surface area contributed by atoms with E-state index in [4.69, 9.17) is 14.3 Å². The zero-order chi connectivity index (χ0) is 15.7. The van der Waals surface area contributed by atoms with Gasteiger partial charge in [0.05, 0.1) is 6.54 Å². The molecule has 3 N–H and O–H groups in total. The molecule has 1 aromatic rings. The molecule has 0 aliphatic carbocycles. The van der Waals surface area contributed by atoms with E-state index in [1.54, 1.807) is 6.07 Å². The van der Waals surface area contributed by atoms with Crippen LogP contribution in [0.25, 0.3) is 0 Å². The second-order valence-corrected chi connectivity index (χ2v) is 5.51. The number of hydrogen-bond donors (Lipinski definition) is 3. The first kappa shape index (κ1) is 17.3. The summed E-state index contributed by atoms with van der Waals surface area (Å²) in [5.41, 5.74) is -0.480. The SMILES string of the molecule is CC(C)(C)OC(=O)NC/C=C/CNCc1ccc(CO)o1. The van der Waals surface area contributed by atoms with Crippen LogP contribution >= 0.6 is 0 Å². The Morgan fingerprint density at radius 3 is 2.57 bits per heavy atom. The molecular formula is C15H24N2O4. The Morgan fingerprint density at radius 2 is 1.95 bits per heavy atom. The monoisotopic (exact) mass is 296 g/mol. The van der Waals surface area contributed by atoms with E-state index in [0.717, 1.165) is 5.76 Å². The molecule has 21 heavy (non-hydrogen) atoms. The van der Waals surface area contributed by atoms with E-state index in [1.807, 2.05) is 39.0 Å². The van der Waals surface area contributed by atoms with Crippen LogP contribution in [0.2, 0.25) is 0 Å². The lowest BCUT2D eigenvalue weighted by Crippen LogP contribution is -2.32. The van der Waals surface area contributed by atoms with E-state index in [0.29, 0.717) is 25.4 Å². The maximum atomic E-state index is 11.3. The van der Waals surface area contributed by atoms with Crippen molar-refractivity contribution in [3.63, 3.8) is 0 Å². The predicted octanol–water partition coefficient (Wildman–Crippen LogP) is 1.94. The van der Waals surface area contributed by atoms with Gasteiger partial charge in [0.15, 0.2) is 0 Å². The molecule has 0 atom stereocenters. The first-order valence-corrected chi connectivity index (χ1v) is 6.92. The maximum absolute atomic E-state index is 11.3. The molecule has 1 heterocycles. The molecule has 0 aliphatic heterocycles. The lowest BCUT2D eigenvalue weighted by molar-refractivity contribution is 0.0534. The summed E-state index contributed by atoms with van der Waals surface area (Å²) >= 11 is 0. The van der Waals surface area contributed by atoms with Gasteiger partial charge in [0.2, 0.25) is 0 Å². The highest BCUT2D eigenvalue weighted by Crippen LogP contribution is 2.07. The zero-order valence-electron chi connectivity index (χ0n) is 12.8. The topological polar surface area (TPSA) is 83.7 Å². The average Bonchev–Trinajstić information content (AvgIpc) is 2.83. The maximum Gasteiger partial charge on any atom is 0.407 e. The van der Waals surface area contributed by atoms with Crippen molar-refractivity contribution >= 4 is 6.09 Å². The van der Waals surface area contributed by atoms with Gasteiger partial charge in [0.25, 0.3) is 0 Å². The van der Waals surface area contributed by atoms with Crippen LogP contribution in [-0.2, 0) is 17.9 Å². The van der Waals surface area contributed by atoms with Crippen molar-refractivity contribution in [3.05, 3.63) is 35.8 Å². The second-order valence-electron chi connectivity index (χ2n) is 5.51. The number of alkyl carbamates (subject to hydrolysis) is 1. The molecule has 1 aromatic heterocycles. The van der Waals surface area contributed by atoms with Gasteiger partial charge in [-0.05, 0) is 32.9 Å². The normalized spacial score (nSPS) is 11.8. The quantitative estimate of drug-likeness (QED) is 0.529. The smallest absolute Gasteiger partial charge is 0.407 e. The lowest BCUT2D eigenvalue weighted by atomic mass is 10.2. The number of aliphatic hydroxyl groups is 1. The standard InChI is InChI=1S/C15H24N2O4/c1-15(2,3)21-14(19)17-9-5-4-8-16-10-12-6-7-13(11-18)20-12/h4-7,16,18H,8-11H2,1-3H3,(H,17,19)/b5-4+. The van der Waals surface area contributed by atoms with Gasteiger partial charge in [-0.3, -0.25) is 0 Å². The van der Waals surface area contributed by atoms with E-state index in [9.17, 15) is 4.79 Å². The number of amides is 1. The van der Waals surface area contributed by atoms with Crippen LogP contribution in [0.1, 0.15) is 32.3 Å². The number of hydrogen-bond acceptors (Lipinski definition) is 5. The molecule has 0 saturated heterocycles. The van der Waals surface area contributed by atoms with Crippen LogP contribution in [-0.4, -0.2) is 29.9 Å². The van der Waals surface area contributed by atoms with Gasteiger partial charge in [0.1, 0.15) is 23.7 Å². The van der Waals surface area contributed by atoms with Crippen LogP contribution < -0.4 is 10.6 Å². The van der Waals surface area contributed by atoms with E-state index in [2.05, 4.69) is 10.6 Å². The Morgan fingerprint density at radius 1 is 1.29 bits per heavy atom. The molecule has 0 aromatic carbocycles. The fraction of sp³-hybridized carbons (Fsp3) is 0.533. The van der Waals surface area contributed by atoms with Gasteiger partial charge in [0, 0.05) is 13.1 Å². The molecule has 6 nitrogen and oxygen atoms in total. The van der Waals surface area contributed by atoms with E-state index >= 15 is 0 Å². The minimum atomic E-state index is -0.480. The molecule has 0 spiro atoms. The van der Waals surface area contributed by atoms with Crippen molar-refractivity contribution in [1.82, 2.24) is 10.6 Å². The molecule has 0 unspecified atom stereocenters. The van der Waals surface area contributed by atoms with Crippen molar-refractivity contribution in [1.29, 1.82) is 0 Å². The van der Waals surface area contributed by atoms with Crippen molar-refractivity contribution in [3.8, 4) is 0 Å². The molecule has 0 saturated carbocycles. The predicted molar refractivity (Wildman–Crippen MR) is 79.7 cm³/mol. The molecular weight excluding hydrogens is 272 g/mol. The number of nitrogens with one attached hydrogen (secondary N) is 2. The van der Waals surface area contributed by atoms with Crippen LogP contribution in [0, 0.1) is 0 Å². The summed E-state index contributed by atoms with van der Waals surface area (Å²) in [6.45, 7) is 7.05. The first-order valence-electron chi connectivity index (χ1n) is 6.92. The molecule has 0 fully saturated rings. The summed E-state index contributed by atoms with van der Waals surface area (Å²) in [5.74, 6) is 1.34. The summed E-state index contributed by atoms with van der Waals surface area (Å²) < 4.78 is 10.4. The van der Waals surface area contributed by atoms with Gasteiger partial charge < -0.3 is 24.9 Å². The fourth-order valence-electron chi connectivity index (χ4n) is 1.50. The minimum absolute atomic E-state index is 0.0871. The van der Waals surface area contributed by atoms with Gasteiger partial charge in [-0.25, -0.2) is 4.79 Å². The Bertz CT molecular complexity index is 460. The second kappa shape index (κ2) is 8.49. The van der Waals surface area contributed by atoms with Crippen molar-refractivity contribution in [2.45, 2.75) is 39.5 Å². The zero-order valence-corrected chi connectivity index (χ0v) is 12.8. The van der Waals surface area contributed by atoms with E-state index in [-0.39, 0.29) is 6.61 Å². The lowest BCUT2D eigenvalue weighted by Gasteiger charge is -2.19. The third-order valence-electron chi connectivity index (χ3n) is 2.36. The summed E-state index contributed by atoms with van der Waals surface area (Å²) in [5, 5.41) is 14.7. The fourth-order valence-corrected chi connectivity index (χ4v) is 1.50. The summed E-state index contributed by atoms with van der Waals surface area (Å²) in [7, 11) is 0. The number of carbonyl (C=O) groups is 1. The Balaban J connectivity index is 2.08. The number of ether oxygens (including phenoxy) is 1. The average molecular weight is 296 g/mol. The molecule has 1 amide bonds. The van der Waals surface area contributed by atoms with E-state index < -0.39 is 11.7 Å². The minimum Gasteiger partial charge on any atom is -0.462 e. The van der Waals surface area contributed by atoms with Crippen molar-refractivity contribution < 1.29 is 19.1 Å². The Labute approximate surface area is 125 Å². The molecule has 0 radical (unpaired) electrons. The van der Waals surface area contributed by atoms with Crippen molar-refractivity contribution in [2.24, 2.45) is 0 Å². The molecule has 118 valence electrons. The molecule has 6 heteroatoms. The third kappa shape index (κ3) is 8.16. The largest absolute Gasteiger partial charge is 0.462 e.